The first-order valence-corrected chi connectivity index (χ1v) is 9.63. The fourth-order valence-electron chi connectivity index (χ4n) is 3.82. The van der Waals surface area contributed by atoms with Crippen LogP contribution in [-0.2, 0) is 13.1 Å². The number of nitrogens with zero attached hydrogens (tertiary/aromatic N) is 1. The summed E-state index contributed by atoms with van der Waals surface area (Å²) in [6.45, 7) is -2.18. The van der Waals surface area contributed by atoms with Crippen LogP contribution in [-0.4, -0.2) is 28.3 Å². The summed E-state index contributed by atoms with van der Waals surface area (Å²) in [6.07, 6.45) is 3.41. The van der Waals surface area contributed by atoms with Crippen LogP contribution in [0.1, 0.15) is 40.9 Å². The number of alkyl halides is 2. The molecule has 7 heteroatoms. The minimum absolute atomic E-state index is 0.0534. The Hall–Kier alpha value is -2.93. The molecule has 1 saturated carbocycles. The summed E-state index contributed by atoms with van der Waals surface area (Å²) in [5, 5.41) is 14.3. The van der Waals surface area contributed by atoms with E-state index >= 15 is 0 Å². The zero-order valence-corrected chi connectivity index (χ0v) is 15.8. The van der Waals surface area contributed by atoms with Gasteiger partial charge in [0.25, 0.3) is 0 Å². The van der Waals surface area contributed by atoms with Crippen LogP contribution in [0.4, 0.5) is 8.78 Å². The Bertz CT molecular complexity index is 1030. The number of hydrogen-bond donors (Lipinski definition) is 2. The maximum Gasteiger partial charge on any atom is 0.387 e. The Labute approximate surface area is 166 Å². The Morgan fingerprint density at radius 1 is 1.21 bits per heavy atom. The third-order valence-electron chi connectivity index (χ3n) is 5.42. The lowest BCUT2D eigenvalue weighted by molar-refractivity contribution is -0.0498. The number of ether oxygens (including phenoxy) is 1. The smallest absolute Gasteiger partial charge is 0.387 e. The van der Waals surface area contributed by atoms with Crippen LogP contribution in [0.15, 0.2) is 48.5 Å². The number of benzene rings is 2. The topological polar surface area (TPSA) is 63.5 Å². The fourth-order valence-corrected chi connectivity index (χ4v) is 3.82. The van der Waals surface area contributed by atoms with Gasteiger partial charge in [0.15, 0.2) is 0 Å². The van der Waals surface area contributed by atoms with Gasteiger partial charge in [0.1, 0.15) is 11.4 Å². The molecular formula is C22H22F2N2O3. The van der Waals surface area contributed by atoms with Crippen molar-refractivity contribution in [3.8, 4) is 5.75 Å². The summed E-state index contributed by atoms with van der Waals surface area (Å²) in [4.78, 5) is 12.2. The molecular weight excluding hydrogens is 378 g/mol. The second-order valence-corrected chi connectivity index (χ2v) is 7.27. The molecule has 0 unspecified atom stereocenters. The number of halogens is 2. The second kappa shape index (κ2) is 8.21. The lowest BCUT2D eigenvalue weighted by atomic mass is 9.93. The van der Waals surface area contributed by atoms with E-state index < -0.39 is 12.6 Å². The minimum atomic E-state index is -2.91. The number of carboxylic acids is 1. The van der Waals surface area contributed by atoms with Gasteiger partial charge in [-0.25, -0.2) is 4.79 Å². The summed E-state index contributed by atoms with van der Waals surface area (Å²) in [5.74, 6) is -0.954. The van der Waals surface area contributed by atoms with Gasteiger partial charge in [0.05, 0.1) is 0 Å². The SMILES string of the molecule is O=C(O)c1c(CNC2CCC2)c2ccccc2n1Cc1cccc(OC(F)F)c1. The van der Waals surface area contributed by atoms with Gasteiger partial charge in [0, 0.05) is 35.6 Å². The number of carbonyl (C=O) groups is 1. The monoisotopic (exact) mass is 400 g/mol. The molecule has 152 valence electrons. The highest BCUT2D eigenvalue weighted by Crippen LogP contribution is 2.29. The number of fused-ring (bicyclic) bond motifs is 1. The molecule has 0 aliphatic heterocycles. The highest BCUT2D eigenvalue weighted by molar-refractivity contribution is 5.98. The van der Waals surface area contributed by atoms with Gasteiger partial charge in [-0.1, -0.05) is 36.8 Å². The van der Waals surface area contributed by atoms with E-state index in [1.54, 1.807) is 16.7 Å². The number of aromatic nitrogens is 1. The van der Waals surface area contributed by atoms with Crippen LogP contribution in [0.3, 0.4) is 0 Å². The number of aromatic carboxylic acids is 1. The quantitative estimate of drug-likeness (QED) is 0.579. The predicted octanol–water partition coefficient (Wildman–Crippen LogP) is 4.63. The van der Waals surface area contributed by atoms with Crippen LogP contribution in [0.25, 0.3) is 10.9 Å². The van der Waals surface area contributed by atoms with Crippen molar-refractivity contribution < 1.29 is 23.4 Å². The molecule has 0 amide bonds. The third kappa shape index (κ3) is 4.10. The van der Waals surface area contributed by atoms with Crippen molar-refractivity contribution >= 4 is 16.9 Å². The van der Waals surface area contributed by atoms with Crippen LogP contribution in [0.5, 0.6) is 5.75 Å². The van der Waals surface area contributed by atoms with Crippen molar-refractivity contribution in [1.82, 2.24) is 9.88 Å². The maximum atomic E-state index is 12.5. The molecule has 29 heavy (non-hydrogen) atoms. The molecule has 0 radical (unpaired) electrons. The van der Waals surface area contributed by atoms with Crippen molar-refractivity contribution in [2.24, 2.45) is 0 Å². The second-order valence-electron chi connectivity index (χ2n) is 7.27. The van der Waals surface area contributed by atoms with Crippen LogP contribution < -0.4 is 10.1 Å². The molecule has 1 heterocycles. The van der Waals surface area contributed by atoms with E-state index in [0.29, 0.717) is 18.2 Å². The Balaban J connectivity index is 1.73. The van der Waals surface area contributed by atoms with Crippen molar-refractivity contribution in [1.29, 1.82) is 0 Å². The first-order chi connectivity index (χ1) is 14.0. The van der Waals surface area contributed by atoms with E-state index in [1.807, 2.05) is 24.3 Å². The average Bonchev–Trinajstić information content (AvgIpc) is 2.94. The molecule has 1 fully saturated rings. The standard InChI is InChI=1S/C22H22F2N2O3/c23-22(24)29-16-8-3-5-14(11-16)13-26-19-10-2-1-9-17(19)18(20(26)21(27)28)12-25-15-6-4-7-15/h1-3,5,8-11,15,22,25H,4,6-7,12-13H2,(H,27,28). The van der Waals surface area contributed by atoms with Crippen molar-refractivity contribution in [3.05, 3.63) is 65.4 Å². The predicted molar refractivity (Wildman–Crippen MR) is 106 cm³/mol. The van der Waals surface area contributed by atoms with E-state index in [9.17, 15) is 18.7 Å². The summed E-state index contributed by atoms with van der Waals surface area (Å²) >= 11 is 0. The van der Waals surface area contributed by atoms with Crippen LogP contribution in [0, 0.1) is 0 Å². The molecule has 3 aromatic rings. The Kier molecular flexibility index (Phi) is 5.49. The van der Waals surface area contributed by atoms with E-state index in [0.717, 1.165) is 29.3 Å². The Morgan fingerprint density at radius 3 is 2.69 bits per heavy atom. The lowest BCUT2D eigenvalue weighted by Gasteiger charge is -2.26. The van der Waals surface area contributed by atoms with Crippen molar-refractivity contribution in [2.75, 3.05) is 0 Å². The van der Waals surface area contributed by atoms with E-state index in [2.05, 4.69) is 10.1 Å². The number of hydrogen-bond acceptors (Lipinski definition) is 3. The lowest BCUT2D eigenvalue weighted by Crippen LogP contribution is -2.34. The normalized spacial score (nSPS) is 14.3. The number of para-hydroxylation sites is 1. The molecule has 0 atom stereocenters. The van der Waals surface area contributed by atoms with Crippen LogP contribution in [0.2, 0.25) is 0 Å². The molecule has 0 spiro atoms. The summed E-state index contributed by atoms with van der Waals surface area (Å²) < 4.78 is 31.3. The van der Waals surface area contributed by atoms with Crippen LogP contribution >= 0.6 is 0 Å². The van der Waals surface area contributed by atoms with E-state index in [-0.39, 0.29) is 18.0 Å². The average molecular weight is 400 g/mol. The van der Waals surface area contributed by atoms with Crippen molar-refractivity contribution in [3.63, 3.8) is 0 Å². The molecule has 2 N–H and O–H groups in total. The number of carboxylic acid groups (broad SMARTS) is 1. The summed E-state index contributed by atoms with van der Waals surface area (Å²) in [6, 6.07) is 14.4. The first-order valence-electron chi connectivity index (χ1n) is 9.63. The summed E-state index contributed by atoms with van der Waals surface area (Å²) in [7, 11) is 0. The van der Waals surface area contributed by atoms with Gasteiger partial charge in [-0.15, -0.1) is 0 Å². The zero-order chi connectivity index (χ0) is 20.4. The fraction of sp³-hybridized carbons (Fsp3) is 0.318. The largest absolute Gasteiger partial charge is 0.477 e. The first kappa shape index (κ1) is 19.4. The maximum absolute atomic E-state index is 12.5. The molecule has 4 rings (SSSR count). The van der Waals surface area contributed by atoms with Gasteiger partial charge in [-0.05, 0) is 36.6 Å². The summed E-state index contributed by atoms with van der Waals surface area (Å²) in [5.41, 5.74) is 2.46. The van der Waals surface area contributed by atoms with Gasteiger partial charge >= 0.3 is 12.6 Å². The van der Waals surface area contributed by atoms with Gasteiger partial charge in [-0.3, -0.25) is 0 Å². The van der Waals surface area contributed by atoms with Crippen molar-refractivity contribution in [2.45, 2.75) is 45.0 Å². The zero-order valence-electron chi connectivity index (χ0n) is 15.8. The molecule has 0 bridgehead atoms. The molecule has 1 aliphatic carbocycles. The van der Waals surface area contributed by atoms with E-state index in [1.165, 1.54) is 18.6 Å². The van der Waals surface area contributed by atoms with Gasteiger partial charge in [-0.2, -0.15) is 8.78 Å². The third-order valence-corrected chi connectivity index (χ3v) is 5.42. The van der Waals surface area contributed by atoms with E-state index in [4.69, 9.17) is 0 Å². The molecule has 5 nitrogen and oxygen atoms in total. The van der Waals surface area contributed by atoms with Gasteiger partial charge < -0.3 is 19.7 Å². The van der Waals surface area contributed by atoms with Gasteiger partial charge in [0.2, 0.25) is 0 Å². The number of rotatable bonds is 8. The highest BCUT2D eigenvalue weighted by atomic mass is 19.3. The molecule has 2 aromatic carbocycles. The molecule has 1 aromatic heterocycles. The minimum Gasteiger partial charge on any atom is -0.477 e. The highest BCUT2D eigenvalue weighted by Gasteiger charge is 2.24. The molecule has 1 aliphatic rings. The number of nitrogens with one attached hydrogen (secondary N) is 1. The Morgan fingerprint density at radius 2 is 2.00 bits per heavy atom. The molecule has 0 saturated heterocycles.